The summed E-state index contributed by atoms with van der Waals surface area (Å²) in [4.78, 5) is 2.02. The van der Waals surface area contributed by atoms with E-state index in [2.05, 4.69) is 10.8 Å². The number of hydrogen-bond acceptors (Lipinski definition) is 5. The number of nitriles is 1. The van der Waals surface area contributed by atoms with Crippen LogP contribution < -0.4 is 4.72 Å². The molecule has 5 nitrogen and oxygen atoms in total. The summed E-state index contributed by atoms with van der Waals surface area (Å²) in [6.07, 6.45) is 1.44. The van der Waals surface area contributed by atoms with Crippen molar-refractivity contribution in [2.45, 2.75) is 23.1 Å². The number of nitrogens with one attached hydrogen (secondary N) is 1. The molecule has 0 spiro atoms. The van der Waals surface area contributed by atoms with Crippen LogP contribution in [-0.2, 0) is 10.0 Å². The molecule has 1 N–H and O–H groups in total. The van der Waals surface area contributed by atoms with Crippen LogP contribution in [0.15, 0.2) is 16.3 Å². The summed E-state index contributed by atoms with van der Waals surface area (Å²) < 4.78 is 27.6. The highest BCUT2D eigenvalue weighted by molar-refractivity contribution is 7.91. The third kappa shape index (κ3) is 3.91. The van der Waals surface area contributed by atoms with E-state index < -0.39 is 10.0 Å². The fourth-order valence-electron chi connectivity index (χ4n) is 2.03. The lowest BCUT2D eigenvalue weighted by Gasteiger charge is -2.30. The molecular weight excluding hydrogens is 306 g/mol. The summed E-state index contributed by atoms with van der Waals surface area (Å²) in [7, 11) is -3.47. The zero-order valence-electron chi connectivity index (χ0n) is 10.2. The third-order valence-corrected chi connectivity index (χ3v) is 6.26. The van der Waals surface area contributed by atoms with Crippen molar-refractivity contribution in [3.05, 3.63) is 16.5 Å². The number of rotatable bonds is 4. The Kier molecular flexibility index (Phi) is 4.81. The first kappa shape index (κ1) is 14.8. The Bertz CT molecular complexity index is 571. The zero-order valence-corrected chi connectivity index (χ0v) is 12.6. The van der Waals surface area contributed by atoms with E-state index >= 15 is 0 Å². The Hall–Kier alpha value is -0.650. The van der Waals surface area contributed by atoms with Gasteiger partial charge >= 0.3 is 0 Å². The Balaban J connectivity index is 1.94. The van der Waals surface area contributed by atoms with Gasteiger partial charge in [-0.1, -0.05) is 11.6 Å². The third-order valence-electron chi connectivity index (χ3n) is 3.02. The molecule has 0 radical (unpaired) electrons. The molecule has 0 amide bonds. The van der Waals surface area contributed by atoms with Gasteiger partial charge in [0, 0.05) is 19.1 Å². The number of thiophene rings is 1. The van der Waals surface area contributed by atoms with Crippen LogP contribution in [0.3, 0.4) is 0 Å². The molecule has 0 aromatic carbocycles. The summed E-state index contributed by atoms with van der Waals surface area (Å²) in [5, 5.41) is 8.61. The van der Waals surface area contributed by atoms with Crippen molar-refractivity contribution in [1.29, 1.82) is 5.26 Å². The summed E-state index contributed by atoms with van der Waals surface area (Å²) >= 11 is 6.81. The van der Waals surface area contributed by atoms with Gasteiger partial charge in [-0.15, -0.1) is 11.3 Å². The van der Waals surface area contributed by atoms with E-state index in [-0.39, 0.29) is 10.3 Å². The Morgan fingerprint density at radius 2 is 2.16 bits per heavy atom. The van der Waals surface area contributed by atoms with Gasteiger partial charge < -0.3 is 0 Å². The molecule has 1 saturated heterocycles. The summed E-state index contributed by atoms with van der Waals surface area (Å²) in [6, 6.07) is 5.13. The molecule has 0 atom stereocenters. The maximum atomic E-state index is 12.1. The van der Waals surface area contributed by atoms with Crippen molar-refractivity contribution in [3.8, 4) is 6.07 Å². The van der Waals surface area contributed by atoms with E-state index in [0.29, 0.717) is 10.9 Å². The number of likely N-dealkylation sites (tertiary alicyclic amines) is 1. The van der Waals surface area contributed by atoms with Crippen LogP contribution in [0.25, 0.3) is 0 Å². The fraction of sp³-hybridized carbons (Fsp3) is 0.545. The highest BCUT2D eigenvalue weighted by Gasteiger charge is 2.25. The van der Waals surface area contributed by atoms with E-state index in [1.165, 1.54) is 6.07 Å². The average molecular weight is 320 g/mol. The molecule has 1 aliphatic rings. The molecule has 0 bridgehead atoms. The standard InChI is InChI=1S/C11H14ClN3O2S2/c12-10-1-2-11(18-10)19(16,17)14-9-3-6-15(7-4-9)8-5-13/h1-2,9,14H,3-4,6-8H2. The molecule has 0 saturated carbocycles. The molecule has 2 heterocycles. The summed E-state index contributed by atoms with van der Waals surface area (Å²) in [5.41, 5.74) is 0. The summed E-state index contributed by atoms with van der Waals surface area (Å²) in [6.45, 7) is 1.89. The highest BCUT2D eigenvalue weighted by atomic mass is 35.5. The molecular formula is C11H14ClN3O2S2. The molecule has 0 aliphatic carbocycles. The number of nitrogens with zero attached hydrogens (tertiary/aromatic N) is 2. The first-order valence-corrected chi connectivity index (χ1v) is 8.56. The summed E-state index contributed by atoms with van der Waals surface area (Å²) in [5.74, 6) is 0. The van der Waals surface area contributed by atoms with Crippen LogP contribution in [0.2, 0.25) is 4.34 Å². The van der Waals surface area contributed by atoms with Gasteiger partial charge in [0.05, 0.1) is 17.0 Å². The SMILES string of the molecule is N#CCN1CCC(NS(=O)(=O)c2ccc(Cl)s2)CC1. The quantitative estimate of drug-likeness (QED) is 0.857. The smallest absolute Gasteiger partial charge is 0.250 e. The van der Waals surface area contributed by atoms with E-state index in [9.17, 15) is 8.42 Å². The molecule has 19 heavy (non-hydrogen) atoms. The van der Waals surface area contributed by atoms with E-state index in [1.54, 1.807) is 6.07 Å². The van der Waals surface area contributed by atoms with Crippen molar-refractivity contribution in [1.82, 2.24) is 9.62 Å². The van der Waals surface area contributed by atoms with Gasteiger partial charge in [0.25, 0.3) is 0 Å². The molecule has 2 rings (SSSR count). The van der Waals surface area contributed by atoms with E-state index in [4.69, 9.17) is 16.9 Å². The molecule has 8 heteroatoms. The average Bonchev–Trinajstić information content (AvgIpc) is 2.79. The lowest BCUT2D eigenvalue weighted by atomic mass is 10.1. The number of piperidine rings is 1. The maximum Gasteiger partial charge on any atom is 0.250 e. The number of halogens is 1. The van der Waals surface area contributed by atoms with Gasteiger partial charge in [0.2, 0.25) is 10.0 Å². The van der Waals surface area contributed by atoms with Gasteiger partial charge in [-0.3, -0.25) is 4.90 Å². The zero-order chi connectivity index (χ0) is 13.9. The largest absolute Gasteiger partial charge is 0.290 e. The minimum Gasteiger partial charge on any atom is -0.290 e. The van der Waals surface area contributed by atoms with Crippen molar-refractivity contribution in [2.75, 3.05) is 19.6 Å². The van der Waals surface area contributed by atoms with Gasteiger partial charge in [0.15, 0.2) is 0 Å². The molecule has 104 valence electrons. The van der Waals surface area contributed by atoms with Crippen molar-refractivity contribution in [2.24, 2.45) is 0 Å². The van der Waals surface area contributed by atoms with Gasteiger partial charge in [0.1, 0.15) is 4.21 Å². The predicted octanol–water partition coefficient (Wildman–Crippen LogP) is 1.67. The monoisotopic (exact) mass is 319 g/mol. The molecule has 1 fully saturated rings. The Morgan fingerprint density at radius 3 is 2.68 bits per heavy atom. The minimum atomic E-state index is -3.47. The second-order valence-corrected chi connectivity index (χ2v) is 8.04. The lowest BCUT2D eigenvalue weighted by molar-refractivity contribution is 0.229. The van der Waals surface area contributed by atoms with E-state index in [0.717, 1.165) is 37.3 Å². The van der Waals surface area contributed by atoms with Crippen molar-refractivity contribution < 1.29 is 8.42 Å². The Labute approximate surface area is 121 Å². The number of sulfonamides is 1. The van der Waals surface area contributed by atoms with Gasteiger partial charge in [-0.05, 0) is 25.0 Å². The van der Waals surface area contributed by atoms with Crippen LogP contribution >= 0.6 is 22.9 Å². The molecule has 1 aromatic heterocycles. The molecule has 1 aromatic rings. The van der Waals surface area contributed by atoms with Crippen LogP contribution in [0.5, 0.6) is 0 Å². The first-order chi connectivity index (χ1) is 9.01. The first-order valence-electron chi connectivity index (χ1n) is 5.88. The Morgan fingerprint density at radius 1 is 1.47 bits per heavy atom. The number of hydrogen-bond donors (Lipinski definition) is 1. The molecule has 1 aliphatic heterocycles. The van der Waals surface area contributed by atoms with Crippen LogP contribution in [0, 0.1) is 11.3 Å². The normalized spacial score (nSPS) is 18.3. The maximum absolute atomic E-state index is 12.1. The predicted molar refractivity (Wildman–Crippen MR) is 74.7 cm³/mol. The van der Waals surface area contributed by atoms with Gasteiger partial charge in [-0.2, -0.15) is 5.26 Å². The van der Waals surface area contributed by atoms with Crippen molar-refractivity contribution in [3.63, 3.8) is 0 Å². The molecule has 0 unspecified atom stereocenters. The van der Waals surface area contributed by atoms with Crippen LogP contribution in [-0.4, -0.2) is 39.0 Å². The van der Waals surface area contributed by atoms with Gasteiger partial charge in [-0.25, -0.2) is 13.1 Å². The second-order valence-electron chi connectivity index (χ2n) is 4.39. The topological polar surface area (TPSA) is 73.2 Å². The highest BCUT2D eigenvalue weighted by Crippen LogP contribution is 2.26. The van der Waals surface area contributed by atoms with Crippen molar-refractivity contribution >= 4 is 33.0 Å². The second kappa shape index (κ2) is 6.20. The van der Waals surface area contributed by atoms with Crippen LogP contribution in [0.4, 0.5) is 0 Å². The lowest BCUT2D eigenvalue weighted by Crippen LogP contribution is -2.44. The van der Waals surface area contributed by atoms with Crippen LogP contribution in [0.1, 0.15) is 12.8 Å². The fourth-order valence-corrected chi connectivity index (χ4v) is 4.83. The van der Waals surface area contributed by atoms with E-state index in [1.807, 2.05) is 4.90 Å². The minimum absolute atomic E-state index is 0.0687.